The molecule has 1 saturated heterocycles. The molecule has 0 aliphatic carbocycles. The number of hydrogen-bond acceptors (Lipinski definition) is 2. The highest BCUT2D eigenvalue weighted by Gasteiger charge is 2.42. The topological polar surface area (TPSA) is 57.6 Å². The van der Waals surface area contributed by atoms with Crippen LogP contribution in [0.4, 0.5) is 4.39 Å². The zero-order valence-electron chi connectivity index (χ0n) is 12.5. The number of benzene rings is 1. The van der Waals surface area contributed by atoms with Gasteiger partial charge in [0.25, 0.3) is 0 Å². The average Bonchev–Trinajstić information content (AvgIpc) is 2.40. The van der Waals surface area contributed by atoms with Crippen LogP contribution >= 0.6 is 0 Å². The van der Waals surface area contributed by atoms with Crippen LogP contribution in [0.15, 0.2) is 18.2 Å². The van der Waals surface area contributed by atoms with Gasteiger partial charge in [0.15, 0.2) is 0 Å². The van der Waals surface area contributed by atoms with Crippen molar-refractivity contribution in [2.24, 2.45) is 5.92 Å². The number of carboxylic acid groups (broad SMARTS) is 1. The van der Waals surface area contributed by atoms with Gasteiger partial charge < -0.3 is 10.0 Å². The lowest BCUT2D eigenvalue weighted by molar-refractivity contribution is -0.153. The Labute approximate surface area is 123 Å². The van der Waals surface area contributed by atoms with Gasteiger partial charge in [0.2, 0.25) is 5.91 Å². The SMILES string of the molecule is Cc1ccc(F)cc1C1C(C(=O)O)CCC(=O)N1C(C)C. The largest absolute Gasteiger partial charge is 0.481 e. The summed E-state index contributed by atoms with van der Waals surface area (Å²) in [5.74, 6) is -2.13. The van der Waals surface area contributed by atoms with Crippen molar-refractivity contribution in [1.29, 1.82) is 0 Å². The fraction of sp³-hybridized carbons (Fsp3) is 0.500. The van der Waals surface area contributed by atoms with Crippen LogP contribution in [0.3, 0.4) is 0 Å². The minimum Gasteiger partial charge on any atom is -0.481 e. The Balaban J connectivity index is 2.56. The summed E-state index contributed by atoms with van der Waals surface area (Å²) < 4.78 is 13.6. The van der Waals surface area contributed by atoms with Crippen molar-refractivity contribution in [1.82, 2.24) is 4.90 Å². The molecule has 4 nitrogen and oxygen atoms in total. The summed E-state index contributed by atoms with van der Waals surface area (Å²) in [6, 6.07) is 3.58. The first kappa shape index (κ1) is 15.5. The molecule has 114 valence electrons. The van der Waals surface area contributed by atoms with Crippen molar-refractivity contribution in [2.75, 3.05) is 0 Å². The second-order valence-corrected chi connectivity index (χ2v) is 5.82. The smallest absolute Gasteiger partial charge is 0.308 e. The molecule has 5 heteroatoms. The molecule has 2 atom stereocenters. The van der Waals surface area contributed by atoms with Gasteiger partial charge in [0.1, 0.15) is 5.82 Å². The lowest BCUT2D eigenvalue weighted by Crippen LogP contribution is -2.48. The fourth-order valence-corrected chi connectivity index (χ4v) is 3.08. The molecule has 1 aromatic rings. The summed E-state index contributed by atoms with van der Waals surface area (Å²) in [6.45, 7) is 5.51. The van der Waals surface area contributed by atoms with E-state index in [-0.39, 0.29) is 24.8 Å². The number of aliphatic carboxylic acids is 1. The van der Waals surface area contributed by atoms with Gasteiger partial charge in [-0.25, -0.2) is 4.39 Å². The number of likely N-dealkylation sites (tertiary alicyclic amines) is 1. The number of carbonyl (C=O) groups excluding carboxylic acids is 1. The number of aryl methyl sites for hydroxylation is 1. The van der Waals surface area contributed by atoms with Crippen LogP contribution in [-0.4, -0.2) is 27.9 Å². The second-order valence-electron chi connectivity index (χ2n) is 5.82. The summed E-state index contributed by atoms with van der Waals surface area (Å²) in [5.41, 5.74) is 1.39. The number of hydrogen-bond donors (Lipinski definition) is 1. The van der Waals surface area contributed by atoms with Crippen molar-refractivity contribution < 1.29 is 19.1 Å². The molecule has 21 heavy (non-hydrogen) atoms. The van der Waals surface area contributed by atoms with Gasteiger partial charge in [0.05, 0.1) is 12.0 Å². The molecule has 0 saturated carbocycles. The third kappa shape index (κ3) is 2.91. The van der Waals surface area contributed by atoms with E-state index in [2.05, 4.69) is 0 Å². The summed E-state index contributed by atoms with van der Waals surface area (Å²) in [7, 11) is 0. The van der Waals surface area contributed by atoms with E-state index in [1.54, 1.807) is 11.0 Å². The van der Waals surface area contributed by atoms with Gasteiger partial charge in [-0.3, -0.25) is 9.59 Å². The molecule has 1 amide bonds. The highest BCUT2D eigenvalue weighted by Crippen LogP contribution is 2.39. The van der Waals surface area contributed by atoms with Crippen LogP contribution in [0.1, 0.15) is 43.9 Å². The molecule has 1 aliphatic heterocycles. The number of piperidine rings is 1. The number of carboxylic acids is 1. The summed E-state index contributed by atoms with van der Waals surface area (Å²) in [4.78, 5) is 25.4. The maximum atomic E-state index is 13.6. The van der Waals surface area contributed by atoms with Gasteiger partial charge in [0, 0.05) is 12.5 Å². The Morgan fingerprint density at radius 1 is 1.43 bits per heavy atom. The molecule has 0 spiro atoms. The molecular weight excluding hydrogens is 273 g/mol. The van der Waals surface area contributed by atoms with Crippen LogP contribution in [-0.2, 0) is 9.59 Å². The zero-order chi connectivity index (χ0) is 15.7. The summed E-state index contributed by atoms with van der Waals surface area (Å²) in [5, 5.41) is 9.48. The molecule has 0 radical (unpaired) electrons. The number of rotatable bonds is 3. The molecule has 0 bridgehead atoms. The van der Waals surface area contributed by atoms with Crippen LogP contribution in [0, 0.1) is 18.7 Å². The minimum atomic E-state index is -0.943. The van der Waals surface area contributed by atoms with Crippen LogP contribution < -0.4 is 0 Å². The Bertz CT molecular complexity index is 571. The minimum absolute atomic E-state index is 0.0730. The number of amides is 1. The third-order valence-corrected chi connectivity index (χ3v) is 4.07. The molecule has 1 aliphatic rings. The molecular formula is C16H20FNO3. The van der Waals surface area contributed by atoms with Gasteiger partial charge in [-0.05, 0) is 50.5 Å². The third-order valence-electron chi connectivity index (χ3n) is 4.07. The molecule has 1 heterocycles. The predicted molar refractivity (Wildman–Crippen MR) is 76.2 cm³/mol. The lowest BCUT2D eigenvalue weighted by Gasteiger charge is -2.42. The number of nitrogens with zero attached hydrogens (tertiary/aromatic N) is 1. The number of carbonyl (C=O) groups is 2. The Morgan fingerprint density at radius 3 is 2.67 bits per heavy atom. The zero-order valence-corrected chi connectivity index (χ0v) is 12.5. The molecule has 2 unspecified atom stereocenters. The van der Waals surface area contributed by atoms with Crippen molar-refractivity contribution >= 4 is 11.9 Å². The standard InChI is InChI=1S/C16H20FNO3/c1-9(2)18-14(19)7-6-12(16(20)21)15(18)13-8-11(17)5-4-10(13)3/h4-5,8-9,12,15H,6-7H2,1-3H3,(H,20,21). The van der Waals surface area contributed by atoms with Crippen LogP contribution in [0.2, 0.25) is 0 Å². The van der Waals surface area contributed by atoms with E-state index in [9.17, 15) is 19.1 Å². The van der Waals surface area contributed by atoms with Crippen molar-refractivity contribution in [3.63, 3.8) is 0 Å². The Hall–Kier alpha value is -1.91. The van der Waals surface area contributed by atoms with E-state index < -0.39 is 23.7 Å². The predicted octanol–water partition coefficient (Wildman–Crippen LogP) is 2.91. The van der Waals surface area contributed by atoms with Crippen LogP contribution in [0.5, 0.6) is 0 Å². The lowest BCUT2D eigenvalue weighted by atomic mass is 9.82. The van der Waals surface area contributed by atoms with Crippen molar-refractivity contribution in [2.45, 2.75) is 45.7 Å². The van der Waals surface area contributed by atoms with Gasteiger partial charge in [-0.2, -0.15) is 0 Å². The van der Waals surface area contributed by atoms with Crippen molar-refractivity contribution in [3.05, 3.63) is 35.1 Å². The molecule has 2 rings (SSSR count). The summed E-state index contributed by atoms with van der Waals surface area (Å²) in [6.07, 6.45) is 0.512. The monoisotopic (exact) mass is 293 g/mol. The van der Waals surface area contributed by atoms with Gasteiger partial charge in [-0.1, -0.05) is 6.07 Å². The number of halogens is 1. The molecule has 1 fully saturated rings. The van der Waals surface area contributed by atoms with E-state index in [1.165, 1.54) is 12.1 Å². The van der Waals surface area contributed by atoms with Gasteiger partial charge >= 0.3 is 5.97 Å². The highest BCUT2D eigenvalue weighted by molar-refractivity contribution is 5.82. The first-order chi connectivity index (χ1) is 9.82. The van der Waals surface area contributed by atoms with Crippen LogP contribution in [0.25, 0.3) is 0 Å². The molecule has 1 N–H and O–H groups in total. The molecule has 0 aromatic heterocycles. The van der Waals surface area contributed by atoms with E-state index >= 15 is 0 Å². The maximum absolute atomic E-state index is 13.6. The van der Waals surface area contributed by atoms with E-state index in [0.29, 0.717) is 5.56 Å². The quantitative estimate of drug-likeness (QED) is 0.932. The van der Waals surface area contributed by atoms with Gasteiger partial charge in [-0.15, -0.1) is 0 Å². The normalized spacial score (nSPS) is 22.7. The summed E-state index contributed by atoms with van der Waals surface area (Å²) >= 11 is 0. The average molecular weight is 293 g/mol. The van der Waals surface area contributed by atoms with E-state index in [4.69, 9.17) is 0 Å². The first-order valence-electron chi connectivity index (χ1n) is 7.13. The van der Waals surface area contributed by atoms with E-state index in [1.807, 2.05) is 20.8 Å². The Kier molecular flexibility index (Phi) is 4.30. The molecule has 1 aromatic carbocycles. The fourth-order valence-electron chi connectivity index (χ4n) is 3.08. The maximum Gasteiger partial charge on any atom is 0.308 e. The second kappa shape index (κ2) is 5.84. The van der Waals surface area contributed by atoms with Crippen molar-refractivity contribution in [3.8, 4) is 0 Å². The highest BCUT2D eigenvalue weighted by atomic mass is 19.1. The Morgan fingerprint density at radius 2 is 2.10 bits per heavy atom. The first-order valence-corrected chi connectivity index (χ1v) is 7.13. The van der Waals surface area contributed by atoms with E-state index in [0.717, 1.165) is 5.56 Å².